The number of anilines is 1. The Kier molecular flexibility index (Phi) is 3.73. The molecular weight excluding hydrogens is 256 g/mol. The van der Waals surface area contributed by atoms with E-state index in [2.05, 4.69) is 5.32 Å². The molecular formula is C11H14N2O2S2. The maximum atomic E-state index is 11.5. The van der Waals surface area contributed by atoms with Crippen molar-refractivity contribution in [3.05, 3.63) is 16.0 Å². The molecule has 2 amide bonds. The number of carbonyl (C=O) groups excluding carboxylic acids is 2. The minimum absolute atomic E-state index is 0.0834. The van der Waals surface area contributed by atoms with Crippen molar-refractivity contribution in [1.29, 1.82) is 0 Å². The van der Waals surface area contributed by atoms with Crippen LogP contribution in [0.25, 0.3) is 0 Å². The minimum Gasteiger partial charge on any atom is -0.365 e. The van der Waals surface area contributed by atoms with Crippen molar-refractivity contribution in [3.8, 4) is 0 Å². The Balaban J connectivity index is 2.28. The highest BCUT2D eigenvalue weighted by Gasteiger charge is 2.25. The minimum atomic E-state index is -0.441. The summed E-state index contributed by atoms with van der Waals surface area (Å²) in [5.41, 5.74) is 6.96. The summed E-state index contributed by atoms with van der Waals surface area (Å²) in [6, 6.07) is 0. The quantitative estimate of drug-likeness (QED) is 0.873. The van der Waals surface area contributed by atoms with Crippen molar-refractivity contribution < 1.29 is 9.59 Å². The number of aryl methyl sites for hydroxylation is 1. The Morgan fingerprint density at radius 2 is 2.24 bits per heavy atom. The van der Waals surface area contributed by atoms with Crippen LogP contribution in [0.2, 0.25) is 0 Å². The van der Waals surface area contributed by atoms with Gasteiger partial charge in [0.2, 0.25) is 5.91 Å². The van der Waals surface area contributed by atoms with Crippen LogP contribution in [-0.2, 0) is 17.6 Å². The summed E-state index contributed by atoms with van der Waals surface area (Å²) in [6.07, 6.45) is 4.81. The third-order valence-corrected chi connectivity index (χ3v) is 4.45. The highest BCUT2D eigenvalue weighted by atomic mass is 32.2. The lowest BCUT2D eigenvalue weighted by molar-refractivity contribution is -0.113. The molecule has 2 rings (SSSR count). The molecule has 1 aromatic heterocycles. The monoisotopic (exact) mass is 270 g/mol. The van der Waals surface area contributed by atoms with Gasteiger partial charge in [-0.05, 0) is 31.1 Å². The van der Waals surface area contributed by atoms with Gasteiger partial charge in [0.1, 0.15) is 5.00 Å². The molecule has 1 aliphatic carbocycles. The van der Waals surface area contributed by atoms with E-state index < -0.39 is 5.91 Å². The number of nitrogens with two attached hydrogens (primary N) is 1. The van der Waals surface area contributed by atoms with Gasteiger partial charge in [-0.15, -0.1) is 11.3 Å². The normalized spacial score (nSPS) is 13.5. The van der Waals surface area contributed by atoms with Gasteiger partial charge in [0.05, 0.1) is 11.3 Å². The molecule has 3 N–H and O–H groups in total. The van der Waals surface area contributed by atoms with Crippen molar-refractivity contribution >= 4 is 39.9 Å². The van der Waals surface area contributed by atoms with Gasteiger partial charge in [-0.1, -0.05) is 0 Å². The molecule has 1 aliphatic rings. The summed E-state index contributed by atoms with van der Waals surface area (Å²) >= 11 is 2.94. The van der Waals surface area contributed by atoms with Crippen LogP contribution in [0.5, 0.6) is 0 Å². The van der Waals surface area contributed by atoms with Crippen LogP contribution >= 0.6 is 23.1 Å². The van der Waals surface area contributed by atoms with Gasteiger partial charge >= 0.3 is 0 Å². The zero-order valence-electron chi connectivity index (χ0n) is 9.54. The van der Waals surface area contributed by atoms with Gasteiger partial charge in [0.15, 0.2) is 0 Å². The zero-order valence-corrected chi connectivity index (χ0v) is 11.2. The highest BCUT2D eigenvalue weighted by Crippen LogP contribution is 2.38. The molecule has 0 radical (unpaired) electrons. The molecule has 0 bridgehead atoms. The third-order valence-electron chi connectivity index (χ3n) is 2.70. The second-order valence-electron chi connectivity index (χ2n) is 3.91. The Hall–Kier alpha value is -1.01. The maximum absolute atomic E-state index is 11.5. The van der Waals surface area contributed by atoms with Crippen LogP contribution in [0.15, 0.2) is 0 Å². The molecule has 0 fully saturated rings. The molecule has 0 spiro atoms. The number of thioether (sulfide) groups is 1. The van der Waals surface area contributed by atoms with Crippen molar-refractivity contribution in [2.45, 2.75) is 19.3 Å². The highest BCUT2D eigenvalue weighted by molar-refractivity contribution is 7.99. The average molecular weight is 270 g/mol. The predicted octanol–water partition coefficient (Wildman–Crippen LogP) is 1.64. The predicted molar refractivity (Wildman–Crippen MR) is 71.9 cm³/mol. The number of hydrogen-bond donors (Lipinski definition) is 2. The van der Waals surface area contributed by atoms with E-state index in [9.17, 15) is 9.59 Å². The second kappa shape index (κ2) is 5.10. The molecule has 0 atom stereocenters. The number of carbonyl (C=O) groups is 2. The van der Waals surface area contributed by atoms with E-state index in [1.54, 1.807) is 0 Å². The lowest BCUT2D eigenvalue weighted by Gasteiger charge is -2.04. The van der Waals surface area contributed by atoms with Crippen LogP contribution in [-0.4, -0.2) is 23.8 Å². The molecule has 0 saturated heterocycles. The summed E-state index contributed by atoms with van der Waals surface area (Å²) < 4.78 is 0. The summed E-state index contributed by atoms with van der Waals surface area (Å²) in [5, 5.41) is 3.41. The fraction of sp³-hybridized carbons (Fsp3) is 0.455. The fourth-order valence-electron chi connectivity index (χ4n) is 2.05. The summed E-state index contributed by atoms with van der Waals surface area (Å²) in [6.45, 7) is 0. The van der Waals surface area contributed by atoms with E-state index >= 15 is 0 Å². The molecule has 92 valence electrons. The van der Waals surface area contributed by atoms with Gasteiger partial charge in [-0.25, -0.2) is 0 Å². The zero-order chi connectivity index (χ0) is 12.4. The van der Waals surface area contributed by atoms with E-state index in [1.165, 1.54) is 28.0 Å². The largest absolute Gasteiger partial charge is 0.365 e. The van der Waals surface area contributed by atoms with Crippen LogP contribution in [0.3, 0.4) is 0 Å². The number of rotatable bonds is 4. The average Bonchev–Trinajstić information content (AvgIpc) is 2.76. The molecule has 0 aliphatic heterocycles. The first-order chi connectivity index (χ1) is 8.13. The number of nitrogens with one attached hydrogen (secondary N) is 1. The molecule has 1 aromatic rings. The second-order valence-corrected chi connectivity index (χ2v) is 5.88. The topological polar surface area (TPSA) is 72.2 Å². The first-order valence-corrected chi connectivity index (χ1v) is 7.57. The van der Waals surface area contributed by atoms with Gasteiger partial charge in [-0.2, -0.15) is 11.8 Å². The van der Waals surface area contributed by atoms with Crippen molar-refractivity contribution in [2.75, 3.05) is 17.3 Å². The van der Waals surface area contributed by atoms with E-state index in [4.69, 9.17) is 5.73 Å². The molecule has 6 heteroatoms. The number of primary amides is 1. The fourth-order valence-corrected chi connectivity index (χ4v) is 3.69. The van der Waals surface area contributed by atoms with Crippen LogP contribution in [0.1, 0.15) is 27.2 Å². The lowest BCUT2D eigenvalue weighted by atomic mass is 10.1. The maximum Gasteiger partial charge on any atom is 0.251 e. The Bertz CT molecular complexity index is 468. The SMILES string of the molecule is CSCC(=O)Nc1sc2c(c1C(N)=O)CCC2. The lowest BCUT2D eigenvalue weighted by Crippen LogP contribution is -2.18. The van der Waals surface area contributed by atoms with Gasteiger partial charge in [0.25, 0.3) is 5.91 Å². The molecule has 0 saturated carbocycles. The molecule has 17 heavy (non-hydrogen) atoms. The van der Waals surface area contributed by atoms with Gasteiger partial charge in [0, 0.05) is 4.88 Å². The van der Waals surface area contributed by atoms with Crippen LogP contribution < -0.4 is 11.1 Å². The summed E-state index contributed by atoms with van der Waals surface area (Å²) in [7, 11) is 0. The summed E-state index contributed by atoms with van der Waals surface area (Å²) in [5.74, 6) is -0.135. The van der Waals surface area contributed by atoms with Gasteiger partial charge in [-0.3, -0.25) is 9.59 Å². The van der Waals surface area contributed by atoms with Crippen molar-refractivity contribution in [1.82, 2.24) is 0 Å². The molecule has 0 unspecified atom stereocenters. The molecule has 1 heterocycles. The number of thiophene rings is 1. The number of amides is 2. The first kappa shape index (κ1) is 12.4. The van der Waals surface area contributed by atoms with E-state index in [0.717, 1.165) is 24.8 Å². The van der Waals surface area contributed by atoms with Crippen molar-refractivity contribution in [3.63, 3.8) is 0 Å². The van der Waals surface area contributed by atoms with Crippen LogP contribution in [0.4, 0.5) is 5.00 Å². The Morgan fingerprint density at radius 1 is 1.47 bits per heavy atom. The Labute approximate surface area is 108 Å². The number of fused-ring (bicyclic) bond motifs is 1. The molecule has 4 nitrogen and oxygen atoms in total. The Morgan fingerprint density at radius 3 is 2.88 bits per heavy atom. The van der Waals surface area contributed by atoms with Crippen molar-refractivity contribution in [2.24, 2.45) is 5.73 Å². The molecule has 0 aromatic carbocycles. The van der Waals surface area contributed by atoms with Gasteiger partial charge < -0.3 is 11.1 Å². The summed E-state index contributed by atoms with van der Waals surface area (Å²) in [4.78, 5) is 24.2. The standard InChI is InChI=1S/C11H14N2O2S2/c1-16-5-8(14)13-11-9(10(12)15)6-3-2-4-7(6)17-11/h2-5H2,1H3,(H2,12,15)(H,13,14). The first-order valence-electron chi connectivity index (χ1n) is 5.36. The van der Waals surface area contributed by atoms with E-state index in [-0.39, 0.29) is 5.91 Å². The smallest absolute Gasteiger partial charge is 0.251 e. The third kappa shape index (κ3) is 2.47. The van der Waals surface area contributed by atoms with E-state index in [0.29, 0.717) is 16.3 Å². The van der Waals surface area contributed by atoms with E-state index in [1.807, 2.05) is 6.26 Å². The van der Waals surface area contributed by atoms with Crippen LogP contribution in [0, 0.1) is 0 Å². The number of hydrogen-bond acceptors (Lipinski definition) is 4.